The molecule has 18 heavy (non-hydrogen) atoms. The molecule has 98 valence electrons. The number of nitrogens with zero attached hydrogens (tertiary/aromatic N) is 1. The summed E-state index contributed by atoms with van der Waals surface area (Å²) in [5.41, 5.74) is 0. The maximum absolute atomic E-state index is 11.9. The monoisotopic (exact) mass is 248 g/mol. The highest BCUT2D eigenvalue weighted by atomic mass is 16.5. The van der Waals surface area contributed by atoms with E-state index in [9.17, 15) is 4.79 Å². The Labute approximate surface area is 108 Å². The van der Waals surface area contributed by atoms with Crippen LogP contribution in [0.3, 0.4) is 0 Å². The van der Waals surface area contributed by atoms with Gasteiger partial charge in [-0.05, 0) is 32.0 Å². The summed E-state index contributed by atoms with van der Waals surface area (Å²) in [7, 11) is 1.97. The topological polar surface area (TPSA) is 41.6 Å². The minimum atomic E-state index is 0.0772. The number of piperidine rings is 1. The molecule has 1 N–H and O–H groups in total. The van der Waals surface area contributed by atoms with Gasteiger partial charge in [-0.25, -0.2) is 0 Å². The number of ether oxygens (including phenoxy) is 1. The summed E-state index contributed by atoms with van der Waals surface area (Å²) in [5.74, 6) is 0.823. The Kier molecular flexibility index (Phi) is 4.59. The first kappa shape index (κ1) is 12.9. The first-order chi connectivity index (χ1) is 8.79. The van der Waals surface area contributed by atoms with Gasteiger partial charge in [0.15, 0.2) is 6.61 Å². The molecule has 1 aliphatic heterocycles. The van der Waals surface area contributed by atoms with Crippen molar-refractivity contribution in [3.05, 3.63) is 30.3 Å². The molecule has 4 nitrogen and oxygen atoms in total. The van der Waals surface area contributed by atoms with Crippen LogP contribution in [0.1, 0.15) is 12.8 Å². The molecule has 0 radical (unpaired) electrons. The third kappa shape index (κ3) is 3.47. The molecule has 1 fully saturated rings. The van der Waals surface area contributed by atoms with E-state index < -0.39 is 0 Å². The summed E-state index contributed by atoms with van der Waals surface area (Å²) in [6, 6.07) is 10.00. The smallest absolute Gasteiger partial charge is 0.260 e. The van der Waals surface area contributed by atoms with Gasteiger partial charge in [0.25, 0.3) is 5.91 Å². The van der Waals surface area contributed by atoms with E-state index in [4.69, 9.17) is 4.74 Å². The quantitative estimate of drug-likeness (QED) is 0.872. The van der Waals surface area contributed by atoms with E-state index >= 15 is 0 Å². The van der Waals surface area contributed by atoms with Crippen LogP contribution < -0.4 is 10.1 Å². The van der Waals surface area contributed by atoms with Gasteiger partial charge in [-0.1, -0.05) is 18.2 Å². The van der Waals surface area contributed by atoms with E-state index in [1.54, 1.807) is 0 Å². The van der Waals surface area contributed by atoms with Crippen molar-refractivity contribution in [1.82, 2.24) is 10.2 Å². The lowest BCUT2D eigenvalue weighted by molar-refractivity contribution is -0.134. The van der Waals surface area contributed by atoms with Crippen molar-refractivity contribution >= 4 is 5.91 Å². The Bertz CT molecular complexity index is 373. The number of amides is 1. The second-order valence-corrected chi connectivity index (χ2v) is 4.55. The Morgan fingerprint density at radius 3 is 2.61 bits per heavy atom. The van der Waals surface area contributed by atoms with Crippen molar-refractivity contribution < 1.29 is 9.53 Å². The molecule has 1 heterocycles. The molecule has 0 aromatic heterocycles. The fraction of sp³-hybridized carbons (Fsp3) is 0.500. The number of rotatable bonds is 4. The van der Waals surface area contributed by atoms with E-state index in [2.05, 4.69) is 5.32 Å². The van der Waals surface area contributed by atoms with Crippen LogP contribution >= 0.6 is 0 Å². The van der Waals surface area contributed by atoms with Crippen molar-refractivity contribution in [2.75, 3.05) is 26.7 Å². The van der Waals surface area contributed by atoms with Gasteiger partial charge in [0.1, 0.15) is 5.75 Å². The van der Waals surface area contributed by atoms with E-state index in [0.29, 0.717) is 6.04 Å². The van der Waals surface area contributed by atoms with E-state index in [0.717, 1.165) is 31.7 Å². The van der Waals surface area contributed by atoms with Crippen molar-refractivity contribution in [3.8, 4) is 5.75 Å². The fourth-order valence-electron chi connectivity index (χ4n) is 2.17. The average Bonchev–Trinajstić information content (AvgIpc) is 2.46. The maximum atomic E-state index is 11.9. The Hall–Kier alpha value is -1.55. The van der Waals surface area contributed by atoms with Crippen LogP contribution in [0.4, 0.5) is 0 Å². The summed E-state index contributed by atoms with van der Waals surface area (Å²) < 4.78 is 5.47. The molecule has 0 unspecified atom stereocenters. The molecule has 1 amide bonds. The Morgan fingerprint density at radius 2 is 2.00 bits per heavy atom. The number of para-hydroxylation sites is 1. The third-order valence-electron chi connectivity index (χ3n) is 3.36. The Morgan fingerprint density at radius 1 is 1.33 bits per heavy atom. The second kappa shape index (κ2) is 6.40. The SMILES string of the molecule is CNC1CCN(C(=O)COc2ccccc2)CC1. The van der Waals surface area contributed by atoms with Gasteiger partial charge in [0.2, 0.25) is 0 Å². The lowest BCUT2D eigenvalue weighted by atomic mass is 10.1. The van der Waals surface area contributed by atoms with Crippen molar-refractivity contribution in [3.63, 3.8) is 0 Å². The summed E-state index contributed by atoms with van der Waals surface area (Å²) in [6.07, 6.45) is 2.04. The van der Waals surface area contributed by atoms with Crippen LogP contribution in [-0.2, 0) is 4.79 Å². The number of hydrogen-bond acceptors (Lipinski definition) is 3. The molecule has 1 aromatic rings. The molecule has 0 bridgehead atoms. The third-order valence-corrected chi connectivity index (χ3v) is 3.36. The molecular weight excluding hydrogens is 228 g/mol. The van der Waals surface area contributed by atoms with Gasteiger partial charge < -0.3 is 15.0 Å². The van der Waals surface area contributed by atoms with Crippen LogP contribution in [0.15, 0.2) is 30.3 Å². The summed E-state index contributed by atoms with van der Waals surface area (Å²) in [5, 5.41) is 3.25. The molecule has 0 aliphatic carbocycles. The zero-order valence-corrected chi connectivity index (χ0v) is 10.8. The number of carbonyl (C=O) groups excluding carboxylic acids is 1. The number of nitrogens with one attached hydrogen (secondary N) is 1. The van der Waals surface area contributed by atoms with E-state index in [1.165, 1.54) is 0 Å². The van der Waals surface area contributed by atoms with Gasteiger partial charge in [0.05, 0.1) is 0 Å². The molecule has 4 heteroatoms. The summed E-state index contributed by atoms with van der Waals surface area (Å²) in [6.45, 7) is 1.78. The molecule has 1 aromatic carbocycles. The van der Waals surface area contributed by atoms with Crippen molar-refractivity contribution in [2.45, 2.75) is 18.9 Å². The van der Waals surface area contributed by atoms with E-state index in [1.807, 2.05) is 42.3 Å². The fourth-order valence-corrected chi connectivity index (χ4v) is 2.17. The zero-order valence-electron chi connectivity index (χ0n) is 10.8. The van der Waals surface area contributed by atoms with Gasteiger partial charge >= 0.3 is 0 Å². The molecule has 1 aliphatic rings. The van der Waals surface area contributed by atoms with Crippen LogP contribution in [0.2, 0.25) is 0 Å². The Balaban J connectivity index is 1.75. The molecule has 2 rings (SSSR count). The number of carbonyl (C=O) groups is 1. The number of hydrogen-bond donors (Lipinski definition) is 1. The second-order valence-electron chi connectivity index (χ2n) is 4.55. The first-order valence-corrected chi connectivity index (χ1v) is 6.42. The van der Waals surface area contributed by atoms with Crippen LogP contribution in [0.25, 0.3) is 0 Å². The standard InChI is InChI=1S/C14H20N2O2/c1-15-12-7-9-16(10-8-12)14(17)11-18-13-5-3-2-4-6-13/h2-6,12,15H,7-11H2,1H3. The molecule has 1 saturated heterocycles. The molecular formula is C14H20N2O2. The molecule has 0 saturated carbocycles. The summed E-state index contributed by atoms with van der Waals surface area (Å²) in [4.78, 5) is 13.8. The number of benzene rings is 1. The van der Waals surface area contributed by atoms with Crippen LogP contribution in [0, 0.1) is 0 Å². The van der Waals surface area contributed by atoms with Crippen molar-refractivity contribution in [2.24, 2.45) is 0 Å². The summed E-state index contributed by atoms with van der Waals surface area (Å²) >= 11 is 0. The van der Waals surface area contributed by atoms with Gasteiger partial charge in [-0.2, -0.15) is 0 Å². The van der Waals surface area contributed by atoms with Crippen LogP contribution in [-0.4, -0.2) is 43.6 Å². The minimum absolute atomic E-state index is 0.0772. The predicted molar refractivity (Wildman–Crippen MR) is 70.6 cm³/mol. The predicted octanol–water partition coefficient (Wildman–Crippen LogP) is 1.28. The zero-order chi connectivity index (χ0) is 12.8. The van der Waals surface area contributed by atoms with E-state index in [-0.39, 0.29) is 12.5 Å². The lowest BCUT2D eigenvalue weighted by Crippen LogP contribution is -2.45. The van der Waals surface area contributed by atoms with Gasteiger partial charge in [-0.3, -0.25) is 4.79 Å². The van der Waals surface area contributed by atoms with Crippen LogP contribution in [0.5, 0.6) is 5.75 Å². The molecule has 0 spiro atoms. The number of likely N-dealkylation sites (tertiary alicyclic amines) is 1. The minimum Gasteiger partial charge on any atom is -0.484 e. The highest BCUT2D eigenvalue weighted by Crippen LogP contribution is 2.12. The normalized spacial score (nSPS) is 16.6. The highest BCUT2D eigenvalue weighted by Gasteiger charge is 2.21. The van der Waals surface area contributed by atoms with Crippen molar-refractivity contribution in [1.29, 1.82) is 0 Å². The first-order valence-electron chi connectivity index (χ1n) is 6.42. The maximum Gasteiger partial charge on any atom is 0.260 e. The molecule has 0 atom stereocenters. The highest BCUT2D eigenvalue weighted by molar-refractivity contribution is 5.77. The van der Waals surface area contributed by atoms with Gasteiger partial charge in [0, 0.05) is 19.1 Å². The largest absolute Gasteiger partial charge is 0.484 e. The average molecular weight is 248 g/mol. The van der Waals surface area contributed by atoms with Gasteiger partial charge in [-0.15, -0.1) is 0 Å². The lowest BCUT2D eigenvalue weighted by Gasteiger charge is -2.31.